The number of phosphoric ester groups is 1. The Hall–Kier alpha value is -1.12. The number of fused-ring (bicyclic) bond motifs is 2. The molecule has 0 bridgehead atoms. The van der Waals surface area contributed by atoms with E-state index >= 15 is 0 Å². The molecule has 2 fully saturated rings. The molecule has 172 valence electrons. The number of rotatable bonds is 7. The van der Waals surface area contributed by atoms with Crippen LogP contribution in [0.3, 0.4) is 0 Å². The standard InChI is InChI=1S/C14H21N5O9P2S/c1-13(4-27-30(25,26)28-29(22,23)24)3-6-8(14(6,21)11(13)20)19-5-16-7-9(15)17-12(31-2)18-10(7)19/h5-6,8,11,20-21H,3-4H2,1-2H3,(H,25,26)(H2,15,17,18)(H2,22,23,24)/t6-,8?,11+,13+,14-/m0/s1. The molecule has 0 saturated heterocycles. The van der Waals surface area contributed by atoms with Crippen LogP contribution in [0, 0.1) is 11.3 Å². The van der Waals surface area contributed by atoms with Gasteiger partial charge in [-0.25, -0.2) is 24.1 Å². The van der Waals surface area contributed by atoms with Crippen molar-refractivity contribution in [1.82, 2.24) is 19.5 Å². The summed E-state index contributed by atoms with van der Waals surface area (Å²) in [4.78, 5) is 39.6. The highest BCUT2D eigenvalue weighted by Gasteiger charge is 2.78. The lowest BCUT2D eigenvalue weighted by Gasteiger charge is -2.33. The third kappa shape index (κ3) is 3.82. The topological polar surface area (TPSA) is 223 Å². The summed E-state index contributed by atoms with van der Waals surface area (Å²) in [5.74, 6) is -0.267. The SMILES string of the molecule is CSc1nc(N)c2ncn(C3[C@@H]4C[C@](C)(COP(=O)(O)OP(=O)(O)O)[C@@H](O)[C@@]34O)c2n1. The van der Waals surface area contributed by atoms with Gasteiger partial charge in [0.05, 0.1) is 25.1 Å². The number of aliphatic hydroxyl groups is 2. The van der Waals surface area contributed by atoms with Gasteiger partial charge < -0.3 is 35.2 Å². The highest BCUT2D eigenvalue weighted by molar-refractivity contribution is 7.98. The van der Waals surface area contributed by atoms with Gasteiger partial charge in [-0.2, -0.15) is 4.31 Å². The predicted octanol–water partition coefficient (Wildman–Crippen LogP) is 0.0296. The van der Waals surface area contributed by atoms with Crippen molar-refractivity contribution in [2.45, 2.75) is 36.2 Å². The number of nitrogens with two attached hydrogens (primary N) is 1. The van der Waals surface area contributed by atoms with Crippen LogP contribution in [0.5, 0.6) is 0 Å². The molecule has 2 aliphatic carbocycles. The minimum absolute atomic E-state index is 0.181. The highest BCUT2D eigenvalue weighted by Crippen LogP contribution is 2.70. The van der Waals surface area contributed by atoms with Crippen LogP contribution in [-0.2, 0) is 18.0 Å². The van der Waals surface area contributed by atoms with Crippen LogP contribution in [0.4, 0.5) is 5.82 Å². The van der Waals surface area contributed by atoms with Crippen LogP contribution in [0.1, 0.15) is 19.4 Å². The number of aliphatic hydroxyl groups excluding tert-OH is 1. The fourth-order valence-electron chi connectivity index (χ4n) is 4.41. The van der Waals surface area contributed by atoms with E-state index in [1.807, 2.05) is 0 Å². The van der Waals surface area contributed by atoms with Gasteiger partial charge in [0.1, 0.15) is 11.1 Å². The van der Waals surface area contributed by atoms with E-state index in [2.05, 4.69) is 23.8 Å². The average Bonchev–Trinajstić information content (AvgIpc) is 2.94. The van der Waals surface area contributed by atoms with Crippen molar-refractivity contribution in [1.29, 1.82) is 0 Å². The molecule has 0 amide bonds. The summed E-state index contributed by atoms with van der Waals surface area (Å²) in [6, 6.07) is -0.572. The summed E-state index contributed by atoms with van der Waals surface area (Å²) < 4.78 is 32.6. The Morgan fingerprint density at radius 3 is 2.58 bits per heavy atom. The molecule has 17 heteroatoms. The first-order valence-corrected chi connectivity index (χ1v) is 13.2. The van der Waals surface area contributed by atoms with Crippen molar-refractivity contribution in [3.05, 3.63) is 6.33 Å². The molecule has 2 aromatic heterocycles. The molecular formula is C14H21N5O9P2S. The molecule has 0 aliphatic heterocycles. The quantitative estimate of drug-likeness (QED) is 0.169. The smallest absolute Gasteiger partial charge is 0.389 e. The summed E-state index contributed by atoms with van der Waals surface area (Å²) in [6.07, 6.45) is 2.03. The zero-order chi connectivity index (χ0) is 23.0. The van der Waals surface area contributed by atoms with E-state index in [-0.39, 0.29) is 12.2 Å². The van der Waals surface area contributed by atoms with Gasteiger partial charge in [-0.15, -0.1) is 0 Å². The fourth-order valence-corrected chi connectivity index (χ4v) is 6.50. The van der Waals surface area contributed by atoms with Crippen LogP contribution in [-0.4, -0.2) is 69.0 Å². The summed E-state index contributed by atoms with van der Waals surface area (Å²) in [7, 11) is -10.3. The van der Waals surface area contributed by atoms with E-state index in [1.54, 1.807) is 10.8 Å². The van der Waals surface area contributed by atoms with E-state index in [0.717, 1.165) is 0 Å². The Balaban J connectivity index is 1.55. The van der Waals surface area contributed by atoms with Gasteiger partial charge >= 0.3 is 15.6 Å². The first-order chi connectivity index (χ1) is 14.2. The number of phosphoric acid groups is 2. The Labute approximate surface area is 179 Å². The summed E-state index contributed by atoms with van der Waals surface area (Å²) >= 11 is 1.29. The van der Waals surface area contributed by atoms with Crippen molar-refractivity contribution >= 4 is 44.4 Å². The Morgan fingerprint density at radius 1 is 1.35 bits per heavy atom. The number of thioether (sulfide) groups is 1. The van der Waals surface area contributed by atoms with Gasteiger partial charge in [-0.3, -0.25) is 4.52 Å². The monoisotopic (exact) mass is 497 g/mol. The first kappa shape index (κ1) is 23.1. The molecule has 14 nitrogen and oxygen atoms in total. The van der Waals surface area contributed by atoms with Crippen molar-refractivity contribution in [3.8, 4) is 0 Å². The van der Waals surface area contributed by atoms with Gasteiger partial charge in [0, 0.05) is 11.3 Å². The first-order valence-electron chi connectivity index (χ1n) is 8.90. The Kier molecular flexibility index (Phi) is 5.35. The van der Waals surface area contributed by atoms with E-state index < -0.39 is 51.3 Å². The van der Waals surface area contributed by atoms with E-state index in [4.69, 9.17) is 15.5 Å². The molecule has 2 unspecified atom stereocenters. The molecule has 7 N–H and O–H groups in total. The van der Waals surface area contributed by atoms with Gasteiger partial charge in [-0.1, -0.05) is 18.7 Å². The van der Waals surface area contributed by atoms with Crippen molar-refractivity contribution in [3.63, 3.8) is 0 Å². The number of nitrogen functional groups attached to an aromatic ring is 1. The number of anilines is 1. The number of aromatic nitrogens is 4. The maximum atomic E-state index is 11.7. The van der Waals surface area contributed by atoms with Gasteiger partial charge in [0.25, 0.3) is 0 Å². The zero-order valence-electron chi connectivity index (χ0n) is 16.3. The minimum Gasteiger partial charge on any atom is -0.389 e. The van der Waals surface area contributed by atoms with Crippen LogP contribution in [0.2, 0.25) is 0 Å². The minimum atomic E-state index is -5.26. The fraction of sp³-hybridized carbons (Fsp3) is 0.643. The molecular weight excluding hydrogens is 476 g/mol. The lowest BCUT2D eigenvalue weighted by atomic mass is 9.82. The largest absolute Gasteiger partial charge is 0.481 e. The molecule has 2 heterocycles. The average molecular weight is 497 g/mol. The van der Waals surface area contributed by atoms with Crippen molar-refractivity contribution in [2.75, 3.05) is 18.6 Å². The normalized spacial score (nSPS) is 34.6. The molecule has 2 saturated carbocycles. The van der Waals surface area contributed by atoms with Crippen molar-refractivity contribution < 1.29 is 42.9 Å². The molecule has 0 aromatic carbocycles. The molecule has 0 spiro atoms. The second-order valence-corrected chi connectivity index (χ2v) is 11.5. The zero-order valence-corrected chi connectivity index (χ0v) is 18.9. The predicted molar refractivity (Wildman–Crippen MR) is 107 cm³/mol. The molecule has 6 atom stereocenters. The summed E-state index contributed by atoms with van der Waals surface area (Å²) in [6.45, 7) is 0.943. The second-order valence-electron chi connectivity index (χ2n) is 7.93. The maximum absolute atomic E-state index is 11.7. The van der Waals surface area contributed by atoms with Crippen LogP contribution >= 0.6 is 27.4 Å². The maximum Gasteiger partial charge on any atom is 0.481 e. The third-order valence-corrected chi connectivity index (χ3v) is 8.48. The molecule has 31 heavy (non-hydrogen) atoms. The van der Waals surface area contributed by atoms with Crippen LogP contribution in [0.15, 0.2) is 11.5 Å². The summed E-state index contributed by atoms with van der Waals surface area (Å²) in [5.41, 5.74) is 3.93. The lowest BCUT2D eigenvalue weighted by Crippen LogP contribution is -2.43. The van der Waals surface area contributed by atoms with Gasteiger partial charge in [0.2, 0.25) is 0 Å². The van der Waals surface area contributed by atoms with E-state index in [1.165, 1.54) is 25.0 Å². The Morgan fingerprint density at radius 2 is 2.03 bits per heavy atom. The van der Waals surface area contributed by atoms with Crippen molar-refractivity contribution in [2.24, 2.45) is 11.3 Å². The molecule has 0 radical (unpaired) electrons. The van der Waals surface area contributed by atoms with Gasteiger partial charge in [0.15, 0.2) is 16.6 Å². The highest BCUT2D eigenvalue weighted by atomic mass is 32.2. The molecule has 2 aliphatic rings. The van der Waals surface area contributed by atoms with Gasteiger partial charge in [-0.05, 0) is 12.7 Å². The lowest BCUT2D eigenvalue weighted by molar-refractivity contribution is -0.0732. The third-order valence-electron chi connectivity index (χ3n) is 5.80. The number of hydrogen-bond acceptors (Lipinski definition) is 11. The summed E-state index contributed by atoms with van der Waals surface area (Å²) in [5, 5.41) is 22.4. The van der Waals surface area contributed by atoms with E-state index in [9.17, 15) is 24.2 Å². The number of nitrogens with zero attached hydrogens (tertiary/aromatic N) is 4. The molecule has 4 rings (SSSR count). The number of hydrogen-bond donors (Lipinski definition) is 6. The molecule has 2 aromatic rings. The number of imidazole rings is 1. The second kappa shape index (κ2) is 7.19. The van der Waals surface area contributed by atoms with E-state index in [0.29, 0.717) is 16.3 Å². The van der Waals surface area contributed by atoms with Crippen LogP contribution < -0.4 is 5.73 Å². The Bertz CT molecular complexity index is 1140. The van der Waals surface area contributed by atoms with Crippen LogP contribution in [0.25, 0.3) is 11.2 Å².